The van der Waals surface area contributed by atoms with Crippen LogP contribution in [0.15, 0.2) is 0 Å². The van der Waals surface area contributed by atoms with E-state index < -0.39 is 7.26 Å². The molecule has 0 heterocycles. The minimum absolute atomic E-state index is 0.0593. The van der Waals surface area contributed by atoms with E-state index in [9.17, 15) is 4.79 Å². The van der Waals surface area contributed by atoms with Gasteiger partial charge >= 0.3 is 206 Å². The van der Waals surface area contributed by atoms with Gasteiger partial charge in [-0.15, -0.1) is 0 Å². The molecule has 0 aliphatic rings. The van der Waals surface area contributed by atoms with E-state index >= 15 is 0 Å². The molecule has 0 atom stereocenters. The second kappa shape index (κ2) is 38.1. The summed E-state index contributed by atoms with van der Waals surface area (Å²) in [4.78, 5) is 10.7. The van der Waals surface area contributed by atoms with Crippen LogP contribution in [0, 0.1) is 0 Å². The number of hydrogen-bond acceptors (Lipinski definition) is 2. The summed E-state index contributed by atoms with van der Waals surface area (Å²) in [6.45, 7) is 13.9. The van der Waals surface area contributed by atoms with Crippen LogP contribution in [-0.2, 0) is 9.53 Å². The molecular weight excluding hydrogens is 543 g/mol. The van der Waals surface area contributed by atoms with Crippen molar-refractivity contribution in [3.63, 3.8) is 0 Å². The van der Waals surface area contributed by atoms with Gasteiger partial charge in [-0.1, -0.05) is 33.1 Å². The summed E-state index contributed by atoms with van der Waals surface area (Å²) in [6, 6.07) is 0. The van der Waals surface area contributed by atoms with Gasteiger partial charge < -0.3 is 4.74 Å². The third-order valence-corrected chi connectivity index (χ3v) is 15.2. The van der Waals surface area contributed by atoms with Crippen LogP contribution in [0.2, 0.25) is 0 Å². The molecule has 0 amide bonds. The van der Waals surface area contributed by atoms with E-state index in [1.54, 1.807) is 50.3 Å². The Labute approximate surface area is 274 Å². The Morgan fingerprint density at radius 3 is 0.930 bits per heavy atom. The Morgan fingerprint density at radius 2 is 0.628 bits per heavy atom. The molecule has 262 valence electrons. The van der Waals surface area contributed by atoms with Gasteiger partial charge in [0.15, 0.2) is 0 Å². The van der Waals surface area contributed by atoms with Gasteiger partial charge in [-0.25, -0.2) is 0 Å². The van der Waals surface area contributed by atoms with Crippen molar-refractivity contribution in [3.8, 4) is 0 Å². The quantitative estimate of drug-likeness (QED) is 0.0410. The van der Waals surface area contributed by atoms with Gasteiger partial charge in [0.1, 0.15) is 0 Å². The van der Waals surface area contributed by atoms with Gasteiger partial charge in [0, 0.05) is 6.42 Å². The van der Waals surface area contributed by atoms with Gasteiger partial charge in [0.25, 0.3) is 0 Å². The summed E-state index contributed by atoms with van der Waals surface area (Å²) in [6.07, 6.45) is 46.1. The Kier molecular flexibility index (Phi) is 39.9. The molecule has 0 aromatic carbocycles. The van der Waals surface area contributed by atoms with Gasteiger partial charge in [0.05, 0.1) is 6.61 Å². The van der Waals surface area contributed by atoms with Crippen molar-refractivity contribution >= 4 is 13.2 Å². The summed E-state index contributed by atoms with van der Waals surface area (Å²) >= 11 is 0. The van der Waals surface area contributed by atoms with Crippen LogP contribution in [0.1, 0.15) is 221 Å². The number of carbonyl (C=O) groups excluding carboxylic acids is 1. The Morgan fingerprint density at radius 1 is 0.372 bits per heavy atom. The van der Waals surface area contributed by atoms with Crippen LogP contribution < -0.4 is 0 Å². The maximum absolute atomic E-state index is 10.7. The summed E-state index contributed by atoms with van der Waals surface area (Å²) < 4.78 is 4.75. The van der Waals surface area contributed by atoms with E-state index in [0.29, 0.717) is 13.0 Å². The third kappa shape index (κ3) is 34.6. The molecule has 0 spiro atoms. The Hall–Kier alpha value is -0.100. The first kappa shape index (κ1) is 45.0. The molecule has 0 aromatic heterocycles. The SMILES string of the molecule is CCCCCC(=O)OCC.CCCCCCCCCCCCCC[PH](CCCCCC)(CCCCCC)CCCCCC. The van der Waals surface area contributed by atoms with Crippen molar-refractivity contribution in [2.75, 3.05) is 31.3 Å². The van der Waals surface area contributed by atoms with E-state index in [2.05, 4.69) is 34.6 Å². The molecule has 0 saturated heterocycles. The van der Waals surface area contributed by atoms with Gasteiger partial charge in [-0.2, -0.15) is 0 Å². The molecule has 0 bridgehead atoms. The van der Waals surface area contributed by atoms with E-state index in [1.807, 2.05) is 6.92 Å². The first-order chi connectivity index (χ1) is 21.1. The summed E-state index contributed by atoms with van der Waals surface area (Å²) in [7, 11) is -1.04. The fraction of sp³-hybridized carbons (Fsp3) is 0.975. The predicted octanol–water partition coefficient (Wildman–Crippen LogP) is 14.3. The van der Waals surface area contributed by atoms with Crippen molar-refractivity contribution in [3.05, 3.63) is 0 Å². The molecular formula is C40H85O2P. The standard InChI is InChI=1S/C32H69P.C8H16O2/c1-5-9-13-17-18-19-20-21-22-23-24-28-32-33(29-25-14-10-6-2,30-26-15-11-7-3)31-27-16-12-8-4;1-3-5-6-7-8(9)10-4-2/h33H,5-32H2,1-4H3;3-7H2,1-2H3. The number of carbonyl (C=O) groups is 1. The van der Waals surface area contributed by atoms with E-state index in [4.69, 9.17) is 4.74 Å². The topological polar surface area (TPSA) is 26.3 Å². The van der Waals surface area contributed by atoms with E-state index in [0.717, 1.165) is 19.3 Å². The first-order valence-electron chi connectivity index (χ1n) is 20.2. The fourth-order valence-electron chi connectivity index (χ4n) is 6.62. The monoisotopic (exact) mass is 629 g/mol. The zero-order valence-corrected chi connectivity index (χ0v) is 32.2. The number of hydrogen-bond donors (Lipinski definition) is 0. The van der Waals surface area contributed by atoms with Gasteiger partial charge in [0.2, 0.25) is 0 Å². The van der Waals surface area contributed by atoms with Crippen LogP contribution in [0.3, 0.4) is 0 Å². The van der Waals surface area contributed by atoms with Gasteiger partial charge in [-0.3, -0.25) is 4.79 Å². The average Bonchev–Trinajstić information content (AvgIpc) is 3.01. The number of rotatable bonds is 33. The summed E-state index contributed by atoms with van der Waals surface area (Å²) in [5.41, 5.74) is 0. The molecule has 43 heavy (non-hydrogen) atoms. The van der Waals surface area contributed by atoms with Crippen LogP contribution in [-0.4, -0.2) is 37.2 Å². The first-order valence-corrected chi connectivity index (χ1v) is 23.0. The molecule has 2 nitrogen and oxygen atoms in total. The summed E-state index contributed by atoms with van der Waals surface area (Å²) in [5, 5.41) is 0. The molecule has 0 aliphatic carbocycles. The van der Waals surface area contributed by atoms with Crippen LogP contribution >= 0.6 is 7.26 Å². The third-order valence-electron chi connectivity index (χ3n) is 9.53. The molecule has 0 aromatic rings. The van der Waals surface area contributed by atoms with E-state index in [1.165, 1.54) is 128 Å². The predicted molar refractivity (Wildman–Crippen MR) is 202 cm³/mol. The molecule has 0 saturated carbocycles. The van der Waals surface area contributed by atoms with Crippen molar-refractivity contribution in [1.82, 2.24) is 0 Å². The second-order valence-corrected chi connectivity index (χ2v) is 18.8. The fourth-order valence-corrected chi connectivity index (χ4v) is 12.1. The molecule has 0 radical (unpaired) electrons. The average molecular weight is 629 g/mol. The van der Waals surface area contributed by atoms with Crippen molar-refractivity contribution < 1.29 is 9.53 Å². The zero-order valence-electron chi connectivity index (χ0n) is 31.2. The maximum atomic E-state index is 10.7. The molecule has 0 unspecified atom stereocenters. The second-order valence-electron chi connectivity index (χ2n) is 13.8. The van der Waals surface area contributed by atoms with Crippen LogP contribution in [0.25, 0.3) is 0 Å². The Balaban J connectivity index is 0. The van der Waals surface area contributed by atoms with Crippen LogP contribution in [0.4, 0.5) is 0 Å². The molecule has 0 rings (SSSR count). The van der Waals surface area contributed by atoms with Crippen molar-refractivity contribution in [2.24, 2.45) is 0 Å². The van der Waals surface area contributed by atoms with Crippen molar-refractivity contribution in [2.45, 2.75) is 221 Å². The normalized spacial score (nSPS) is 11.8. The number of ether oxygens (including phenoxy) is 1. The Bertz CT molecular complexity index is 489. The molecule has 0 aliphatic heterocycles. The minimum atomic E-state index is -1.04. The number of unbranched alkanes of at least 4 members (excludes halogenated alkanes) is 22. The number of esters is 1. The van der Waals surface area contributed by atoms with E-state index in [-0.39, 0.29) is 5.97 Å². The van der Waals surface area contributed by atoms with Crippen LogP contribution in [0.5, 0.6) is 0 Å². The molecule has 0 N–H and O–H groups in total. The van der Waals surface area contributed by atoms with Gasteiger partial charge in [-0.05, 0) is 13.3 Å². The zero-order chi connectivity index (χ0) is 32.1. The van der Waals surface area contributed by atoms with Crippen molar-refractivity contribution in [1.29, 1.82) is 0 Å². The molecule has 0 fully saturated rings. The molecule has 3 heteroatoms. The summed E-state index contributed by atoms with van der Waals surface area (Å²) in [5.74, 6) is -0.0593.